The minimum Gasteiger partial charge on any atom is -0.492 e. The van der Waals surface area contributed by atoms with Gasteiger partial charge in [-0.15, -0.1) is 0 Å². The molecule has 0 aromatic heterocycles. The molecule has 0 radical (unpaired) electrons. The maximum atomic E-state index is 6.06. The fourth-order valence-electron chi connectivity index (χ4n) is 1.41. The molecule has 2 nitrogen and oxygen atoms in total. The van der Waals surface area contributed by atoms with Gasteiger partial charge in [-0.05, 0) is 41.4 Å². The van der Waals surface area contributed by atoms with Crippen LogP contribution in [0.15, 0.2) is 16.6 Å². The first-order valence-electron chi connectivity index (χ1n) is 6.01. The number of hydrogen-bond donors (Lipinski definition) is 1. The second-order valence-corrected chi connectivity index (χ2v) is 6.03. The van der Waals surface area contributed by atoms with Crippen LogP contribution in [0.3, 0.4) is 0 Å². The third kappa shape index (κ3) is 5.79. The summed E-state index contributed by atoms with van der Waals surface area (Å²) in [4.78, 5) is 0. The van der Waals surface area contributed by atoms with Crippen LogP contribution in [0.1, 0.15) is 26.7 Å². The van der Waals surface area contributed by atoms with Gasteiger partial charge < -0.3 is 10.1 Å². The molecule has 0 bridgehead atoms. The minimum atomic E-state index is 0.533. The second-order valence-electron chi connectivity index (χ2n) is 4.36. The van der Waals surface area contributed by atoms with Crippen LogP contribution in [0.25, 0.3) is 0 Å². The van der Waals surface area contributed by atoms with E-state index in [1.807, 2.05) is 0 Å². The molecule has 1 aromatic rings. The SMILES string of the molecule is CC(C)NCCCCOc1cc(Cl)c(Br)cc1Cl. The largest absolute Gasteiger partial charge is 0.492 e. The first-order chi connectivity index (χ1) is 8.50. The molecular weight excluding hydrogens is 337 g/mol. The normalized spacial score (nSPS) is 11.0. The van der Waals surface area contributed by atoms with Crippen LogP contribution in [0.2, 0.25) is 10.0 Å². The molecule has 0 aliphatic carbocycles. The highest BCUT2D eigenvalue weighted by Gasteiger charge is 2.06. The van der Waals surface area contributed by atoms with E-state index < -0.39 is 0 Å². The highest BCUT2D eigenvalue weighted by molar-refractivity contribution is 9.10. The Morgan fingerprint density at radius 1 is 1.22 bits per heavy atom. The Hall–Kier alpha value is 0.0400. The number of hydrogen-bond acceptors (Lipinski definition) is 2. The van der Waals surface area contributed by atoms with Crippen LogP contribution in [-0.4, -0.2) is 19.2 Å². The van der Waals surface area contributed by atoms with Crippen molar-refractivity contribution in [2.45, 2.75) is 32.7 Å². The summed E-state index contributed by atoms with van der Waals surface area (Å²) in [5.41, 5.74) is 0. The van der Waals surface area contributed by atoms with Crippen LogP contribution in [0, 0.1) is 0 Å². The van der Waals surface area contributed by atoms with E-state index in [2.05, 4.69) is 35.1 Å². The molecule has 5 heteroatoms. The number of rotatable bonds is 7. The lowest BCUT2D eigenvalue weighted by molar-refractivity contribution is 0.305. The molecule has 0 spiro atoms. The van der Waals surface area contributed by atoms with Crippen LogP contribution >= 0.6 is 39.1 Å². The van der Waals surface area contributed by atoms with Gasteiger partial charge in [-0.1, -0.05) is 37.0 Å². The number of ether oxygens (including phenoxy) is 1. The molecule has 0 aliphatic rings. The standard InChI is InChI=1S/C13H18BrCl2NO/c1-9(2)17-5-3-4-6-18-13-8-11(15)10(14)7-12(13)16/h7-9,17H,3-6H2,1-2H3. The lowest BCUT2D eigenvalue weighted by atomic mass is 10.3. The van der Waals surface area contributed by atoms with E-state index >= 15 is 0 Å². The molecule has 1 aromatic carbocycles. The van der Waals surface area contributed by atoms with Crippen molar-refractivity contribution in [1.82, 2.24) is 5.32 Å². The van der Waals surface area contributed by atoms with Gasteiger partial charge in [0.2, 0.25) is 0 Å². The zero-order valence-corrected chi connectivity index (χ0v) is 13.7. The summed E-state index contributed by atoms with van der Waals surface area (Å²) in [7, 11) is 0. The average molecular weight is 355 g/mol. The third-order valence-electron chi connectivity index (χ3n) is 2.36. The maximum Gasteiger partial charge on any atom is 0.139 e. The molecule has 0 atom stereocenters. The van der Waals surface area contributed by atoms with Crippen LogP contribution in [0.5, 0.6) is 5.75 Å². The summed E-state index contributed by atoms with van der Waals surface area (Å²) in [5.74, 6) is 0.640. The van der Waals surface area contributed by atoms with Crippen molar-refractivity contribution in [3.8, 4) is 5.75 Å². The summed E-state index contributed by atoms with van der Waals surface area (Å²) in [6.45, 7) is 5.94. The van der Waals surface area contributed by atoms with E-state index in [4.69, 9.17) is 27.9 Å². The molecule has 0 saturated carbocycles. The van der Waals surface area contributed by atoms with Crippen molar-refractivity contribution in [2.75, 3.05) is 13.2 Å². The van der Waals surface area contributed by atoms with Gasteiger partial charge in [-0.2, -0.15) is 0 Å². The summed E-state index contributed by atoms with van der Waals surface area (Å²) < 4.78 is 6.39. The molecule has 0 unspecified atom stereocenters. The quantitative estimate of drug-likeness (QED) is 0.554. The van der Waals surface area contributed by atoms with Crippen molar-refractivity contribution in [3.63, 3.8) is 0 Å². The first kappa shape index (κ1) is 16.1. The van der Waals surface area contributed by atoms with Crippen molar-refractivity contribution in [1.29, 1.82) is 0 Å². The summed E-state index contributed by atoms with van der Waals surface area (Å²) >= 11 is 15.4. The van der Waals surface area contributed by atoms with Crippen LogP contribution in [-0.2, 0) is 0 Å². The van der Waals surface area contributed by atoms with Crippen molar-refractivity contribution >= 4 is 39.1 Å². The zero-order chi connectivity index (χ0) is 13.5. The maximum absolute atomic E-state index is 6.06. The minimum absolute atomic E-state index is 0.533. The lowest BCUT2D eigenvalue weighted by Crippen LogP contribution is -2.23. The van der Waals surface area contributed by atoms with Gasteiger partial charge in [0.1, 0.15) is 5.75 Å². The highest BCUT2D eigenvalue weighted by atomic mass is 79.9. The average Bonchev–Trinajstić information content (AvgIpc) is 2.29. The van der Waals surface area contributed by atoms with Gasteiger partial charge in [0.05, 0.1) is 16.7 Å². The van der Waals surface area contributed by atoms with Gasteiger partial charge in [-0.3, -0.25) is 0 Å². The predicted molar refractivity (Wildman–Crippen MR) is 82.0 cm³/mol. The molecule has 1 N–H and O–H groups in total. The Balaban J connectivity index is 2.29. The van der Waals surface area contributed by atoms with Gasteiger partial charge >= 0.3 is 0 Å². The van der Waals surface area contributed by atoms with Gasteiger partial charge in [-0.25, -0.2) is 0 Å². The first-order valence-corrected chi connectivity index (χ1v) is 7.56. The summed E-state index contributed by atoms with van der Waals surface area (Å²) in [5, 5.41) is 4.55. The topological polar surface area (TPSA) is 21.3 Å². The second kappa shape index (κ2) is 8.26. The van der Waals surface area contributed by atoms with Gasteiger partial charge in [0.25, 0.3) is 0 Å². The Morgan fingerprint density at radius 2 is 1.94 bits per heavy atom. The molecule has 0 saturated heterocycles. The van der Waals surface area contributed by atoms with Crippen molar-refractivity contribution in [2.24, 2.45) is 0 Å². The third-order valence-corrected chi connectivity index (χ3v) is 3.85. The predicted octanol–water partition coefficient (Wildman–Crippen LogP) is 4.91. The van der Waals surface area contributed by atoms with E-state index in [1.54, 1.807) is 12.1 Å². The number of nitrogens with one attached hydrogen (secondary N) is 1. The molecule has 0 heterocycles. The van der Waals surface area contributed by atoms with Crippen molar-refractivity contribution in [3.05, 3.63) is 26.7 Å². The van der Waals surface area contributed by atoms with E-state index in [1.165, 1.54) is 0 Å². The van der Waals surface area contributed by atoms with E-state index in [0.717, 1.165) is 23.9 Å². The molecule has 0 fully saturated rings. The monoisotopic (exact) mass is 353 g/mol. The molecule has 1 rings (SSSR count). The van der Waals surface area contributed by atoms with E-state index in [0.29, 0.717) is 28.4 Å². The Morgan fingerprint density at radius 3 is 2.61 bits per heavy atom. The fraction of sp³-hybridized carbons (Fsp3) is 0.538. The Kier molecular flexibility index (Phi) is 7.38. The highest BCUT2D eigenvalue weighted by Crippen LogP contribution is 2.34. The smallest absolute Gasteiger partial charge is 0.139 e. The van der Waals surface area contributed by atoms with E-state index in [-0.39, 0.29) is 0 Å². The van der Waals surface area contributed by atoms with Gasteiger partial charge in [0, 0.05) is 16.6 Å². The summed E-state index contributed by atoms with van der Waals surface area (Å²) in [6.07, 6.45) is 2.07. The number of unbranched alkanes of at least 4 members (excludes halogenated alkanes) is 1. The van der Waals surface area contributed by atoms with Gasteiger partial charge in [0.15, 0.2) is 0 Å². The zero-order valence-electron chi connectivity index (χ0n) is 10.6. The molecule has 18 heavy (non-hydrogen) atoms. The number of benzene rings is 1. The lowest BCUT2D eigenvalue weighted by Gasteiger charge is -2.10. The Bertz CT molecular complexity index is 385. The van der Waals surface area contributed by atoms with E-state index in [9.17, 15) is 0 Å². The molecule has 102 valence electrons. The fourth-order valence-corrected chi connectivity index (χ4v) is 2.26. The molecule has 0 aliphatic heterocycles. The molecule has 0 amide bonds. The van der Waals surface area contributed by atoms with Crippen molar-refractivity contribution < 1.29 is 4.74 Å². The molecular formula is C13H18BrCl2NO. The Labute approximate surface area is 127 Å². The number of halogens is 3. The van der Waals surface area contributed by atoms with Crippen LogP contribution in [0.4, 0.5) is 0 Å². The summed E-state index contributed by atoms with van der Waals surface area (Å²) in [6, 6.07) is 4.02. The van der Waals surface area contributed by atoms with Crippen LogP contribution < -0.4 is 10.1 Å².